The lowest BCUT2D eigenvalue weighted by atomic mass is 10.1. The van der Waals surface area contributed by atoms with E-state index in [0.29, 0.717) is 25.9 Å². The molecule has 1 aromatic rings. The predicted octanol–water partition coefficient (Wildman–Crippen LogP) is 1.37. The number of methoxy groups -OCH3 is 1. The van der Waals surface area contributed by atoms with E-state index in [1.54, 1.807) is 7.11 Å². The normalized spacial score (nSPS) is 14.9. The number of benzene rings is 1. The maximum atomic E-state index is 11.9. The Bertz CT molecular complexity index is 502. The summed E-state index contributed by atoms with van der Waals surface area (Å²) in [5.74, 6) is 0.912. The van der Waals surface area contributed by atoms with Crippen LogP contribution in [0.1, 0.15) is 24.8 Å². The molecule has 1 aliphatic rings. The van der Waals surface area contributed by atoms with E-state index in [4.69, 9.17) is 4.74 Å². The van der Waals surface area contributed by atoms with E-state index in [0.717, 1.165) is 30.7 Å². The molecule has 1 fully saturated rings. The first-order valence-corrected chi connectivity index (χ1v) is 7.36. The second kappa shape index (κ2) is 7.67. The number of hydrogen-bond donors (Lipinski definition) is 1. The number of nitrogens with zero attached hydrogens (tertiary/aromatic N) is 1. The van der Waals surface area contributed by atoms with Crippen molar-refractivity contribution in [3.8, 4) is 5.75 Å². The first-order valence-electron chi connectivity index (χ1n) is 7.36. The quantitative estimate of drug-likeness (QED) is 0.861. The van der Waals surface area contributed by atoms with Crippen LogP contribution in [0.3, 0.4) is 0 Å². The fraction of sp³-hybridized carbons (Fsp3) is 0.500. The molecule has 1 aliphatic heterocycles. The number of hydrogen-bond acceptors (Lipinski definition) is 3. The first kappa shape index (κ1) is 15.4. The number of carbonyl (C=O) groups is 2. The molecule has 1 aromatic carbocycles. The van der Waals surface area contributed by atoms with Gasteiger partial charge in [0.1, 0.15) is 5.75 Å². The van der Waals surface area contributed by atoms with Crippen LogP contribution in [0.25, 0.3) is 0 Å². The van der Waals surface area contributed by atoms with Crippen molar-refractivity contribution in [2.45, 2.75) is 25.7 Å². The molecule has 1 heterocycles. The van der Waals surface area contributed by atoms with Gasteiger partial charge in [-0.2, -0.15) is 0 Å². The van der Waals surface area contributed by atoms with Crippen LogP contribution in [0.2, 0.25) is 0 Å². The average molecular weight is 290 g/mol. The van der Waals surface area contributed by atoms with E-state index in [-0.39, 0.29) is 11.8 Å². The minimum atomic E-state index is -0.0345. The van der Waals surface area contributed by atoms with E-state index < -0.39 is 0 Å². The maximum absolute atomic E-state index is 11.9. The summed E-state index contributed by atoms with van der Waals surface area (Å²) in [6, 6.07) is 7.47. The lowest BCUT2D eigenvalue weighted by Gasteiger charge is -2.26. The minimum Gasteiger partial charge on any atom is -0.497 e. The highest BCUT2D eigenvalue weighted by atomic mass is 16.5. The highest BCUT2D eigenvalue weighted by Gasteiger charge is 2.17. The van der Waals surface area contributed by atoms with Crippen molar-refractivity contribution in [1.82, 2.24) is 10.2 Å². The summed E-state index contributed by atoms with van der Waals surface area (Å²) in [5, 5.41) is 2.86. The Hall–Kier alpha value is -2.04. The summed E-state index contributed by atoms with van der Waals surface area (Å²) >= 11 is 0. The molecule has 0 aliphatic carbocycles. The predicted molar refractivity (Wildman–Crippen MR) is 80.1 cm³/mol. The SMILES string of the molecule is COc1cccc(CC(=O)NCCN2CCCCC2=O)c1. The number of likely N-dealkylation sites (tertiary alicyclic amines) is 1. The number of amides is 2. The Morgan fingerprint density at radius 1 is 1.38 bits per heavy atom. The Morgan fingerprint density at radius 3 is 3.00 bits per heavy atom. The van der Waals surface area contributed by atoms with E-state index in [1.807, 2.05) is 29.2 Å². The molecule has 0 spiro atoms. The van der Waals surface area contributed by atoms with Crippen LogP contribution in [-0.4, -0.2) is 43.5 Å². The zero-order valence-corrected chi connectivity index (χ0v) is 12.4. The average Bonchev–Trinajstić information content (AvgIpc) is 2.49. The molecule has 114 valence electrons. The maximum Gasteiger partial charge on any atom is 0.224 e. The van der Waals surface area contributed by atoms with E-state index >= 15 is 0 Å². The van der Waals surface area contributed by atoms with Crippen molar-refractivity contribution in [1.29, 1.82) is 0 Å². The Labute approximate surface area is 125 Å². The molecule has 1 saturated heterocycles. The molecule has 5 nitrogen and oxygen atoms in total. The van der Waals surface area contributed by atoms with Crippen molar-refractivity contribution in [2.24, 2.45) is 0 Å². The summed E-state index contributed by atoms with van der Waals surface area (Å²) in [6.07, 6.45) is 3.00. The summed E-state index contributed by atoms with van der Waals surface area (Å²) < 4.78 is 5.13. The van der Waals surface area contributed by atoms with Crippen LogP contribution in [0.15, 0.2) is 24.3 Å². The summed E-state index contributed by atoms with van der Waals surface area (Å²) in [7, 11) is 1.61. The molecular formula is C16H22N2O3. The lowest BCUT2D eigenvalue weighted by Crippen LogP contribution is -2.41. The second-order valence-corrected chi connectivity index (χ2v) is 5.22. The highest BCUT2D eigenvalue weighted by Crippen LogP contribution is 2.13. The van der Waals surface area contributed by atoms with Crippen molar-refractivity contribution in [2.75, 3.05) is 26.7 Å². The number of piperidine rings is 1. The van der Waals surface area contributed by atoms with Crippen molar-refractivity contribution in [3.05, 3.63) is 29.8 Å². The van der Waals surface area contributed by atoms with Gasteiger partial charge in [0.25, 0.3) is 0 Å². The molecule has 5 heteroatoms. The smallest absolute Gasteiger partial charge is 0.224 e. The van der Waals surface area contributed by atoms with Crippen molar-refractivity contribution < 1.29 is 14.3 Å². The molecule has 0 saturated carbocycles. The van der Waals surface area contributed by atoms with E-state index in [9.17, 15) is 9.59 Å². The van der Waals surface area contributed by atoms with Gasteiger partial charge in [0, 0.05) is 26.1 Å². The van der Waals surface area contributed by atoms with Crippen LogP contribution in [0.5, 0.6) is 5.75 Å². The molecule has 2 rings (SSSR count). The van der Waals surface area contributed by atoms with Gasteiger partial charge in [-0.25, -0.2) is 0 Å². The van der Waals surface area contributed by atoms with Gasteiger partial charge >= 0.3 is 0 Å². The summed E-state index contributed by atoms with van der Waals surface area (Å²) in [6.45, 7) is 1.92. The molecule has 0 aromatic heterocycles. The van der Waals surface area contributed by atoms with Gasteiger partial charge in [-0.1, -0.05) is 12.1 Å². The number of ether oxygens (including phenoxy) is 1. The van der Waals surface area contributed by atoms with E-state index in [2.05, 4.69) is 5.32 Å². The van der Waals surface area contributed by atoms with Gasteiger partial charge in [0.05, 0.1) is 13.5 Å². The van der Waals surface area contributed by atoms with Crippen LogP contribution in [-0.2, 0) is 16.0 Å². The van der Waals surface area contributed by atoms with Crippen LogP contribution in [0.4, 0.5) is 0 Å². The second-order valence-electron chi connectivity index (χ2n) is 5.22. The van der Waals surface area contributed by atoms with Gasteiger partial charge in [-0.15, -0.1) is 0 Å². The Balaban J connectivity index is 1.73. The van der Waals surface area contributed by atoms with Crippen LogP contribution < -0.4 is 10.1 Å². The number of rotatable bonds is 6. The fourth-order valence-corrected chi connectivity index (χ4v) is 2.46. The largest absolute Gasteiger partial charge is 0.497 e. The lowest BCUT2D eigenvalue weighted by molar-refractivity contribution is -0.133. The molecular weight excluding hydrogens is 268 g/mol. The fourth-order valence-electron chi connectivity index (χ4n) is 2.46. The third-order valence-electron chi connectivity index (χ3n) is 3.62. The third-order valence-corrected chi connectivity index (χ3v) is 3.62. The number of nitrogens with one attached hydrogen (secondary N) is 1. The van der Waals surface area contributed by atoms with Crippen LogP contribution in [0, 0.1) is 0 Å². The van der Waals surface area contributed by atoms with Gasteiger partial charge in [0.15, 0.2) is 0 Å². The van der Waals surface area contributed by atoms with Gasteiger partial charge in [-0.3, -0.25) is 9.59 Å². The van der Waals surface area contributed by atoms with Crippen molar-refractivity contribution >= 4 is 11.8 Å². The Kier molecular flexibility index (Phi) is 5.60. The molecule has 21 heavy (non-hydrogen) atoms. The highest BCUT2D eigenvalue weighted by molar-refractivity contribution is 5.79. The zero-order valence-electron chi connectivity index (χ0n) is 12.4. The summed E-state index contributed by atoms with van der Waals surface area (Å²) in [4.78, 5) is 25.3. The molecule has 0 radical (unpaired) electrons. The van der Waals surface area contributed by atoms with Gasteiger partial charge in [-0.05, 0) is 30.5 Å². The topological polar surface area (TPSA) is 58.6 Å². The monoisotopic (exact) mass is 290 g/mol. The third kappa shape index (κ3) is 4.77. The van der Waals surface area contributed by atoms with Crippen LogP contribution >= 0.6 is 0 Å². The Morgan fingerprint density at radius 2 is 2.24 bits per heavy atom. The minimum absolute atomic E-state index is 0.0345. The molecule has 0 bridgehead atoms. The number of carbonyl (C=O) groups excluding carboxylic acids is 2. The first-order chi connectivity index (χ1) is 10.2. The molecule has 0 atom stereocenters. The van der Waals surface area contributed by atoms with Gasteiger partial charge < -0.3 is 15.0 Å². The molecule has 1 N–H and O–H groups in total. The zero-order chi connectivity index (χ0) is 15.1. The molecule has 2 amide bonds. The molecule has 0 unspecified atom stereocenters. The van der Waals surface area contributed by atoms with Crippen molar-refractivity contribution in [3.63, 3.8) is 0 Å². The van der Waals surface area contributed by atoms with E-state index in [1.165, 1.54) is 0 Å². The summed E-state index contributed by atoms with van der Waals surface area (Å²) in [5.41, 5.74) is 0.917. The standard InChI is InChI=1S/C16H22N2O3/c1-21-14-6-4-5-13(11-14)12-15(19)17-8-10-18-9-3-2-7-16(18)20/h4-6,11H,2-3,7-10,12H2,1H3,(H,17,19). The van der Waals surface area contributed by atoms with Gasteiger partial charge in [0.2, 0.25) is 11.8 Å².